The smallest absolute Gasteiger partial charge is 0.256 e. The average Bonchev–Trinajstić information content (AvgIpc) is 2.35. The number of morpholine rings is 1. The molecule has 98 valence electrons. The number of hydrogen-bond donors (Lipinski definition) is 1. The summed E-state index contributed by atoms with van der Waals surface area (Å²) < 4.78 is 5.45. The van der Waals surface area contributed by atoms with Crippen molar-refractivity contribution in [3.05, 3.63) is 28.8 Å². The Morgan fingerprint density at radius 1 is 1.56 bits per heavy atom. The normalized spacial score (nSPS) is 20.3. The second-order valence-electron chi connectivity index (χ2n) is 4.36. The number of aryl methyl sites for hydroxylation is 1. The first-order valence-corrected chi connectivity index (χ1v) is 6.40. The Bertz CT molecular complexity index is 449. The molecule has 1 atom stereocenters. The third-order valence-electron chi connectivity index (χ3n) is 3.07. The Morgan fingerprint density at radius 3 is 3.06 bits per heavy atom. The van der Waals surface area contributed by atoms with E-state index in [1.807, 2.05) is 25.1 Å². The van der Waals surface area contributed by atoms with Crippen molar-refractivity contribution < 1.29 is 9.53 Å². The van der Waals surface area contributed by atoms with Crippen LogP contribution >= 0.6 is 11.6 Å². The number of carbonyl (C=O) groups is 1. The molecular formula is C13H17ClN2O2. The molecule has 0 bridgehead atoms. The summed E-state index contributed by atoms with van der Waals surface area (Å²) in [4.78, 5) is 14.0. The first-order chi connectivity index (χ1) is 8.63. The second-order valence-corrected chi connectivity index (χ2v) is 4.79. The van der Waals surface area contributed by atoms with Gasteiger partial charge in [0.05, 0.1) is 6.61 Å². The van der Waals surface area contributed by atoms with Gasteiger partial charge in [-0.1, -0.05) is 17.7 Å². The van der Waals surface area contributed by atoms with Crippen LogP contribution in [0.1, 0.15) is 12.0 Å². The number of amides is 1. The van der Waals surface area contributed by atoms with E-state index in [9.17, 15) is 4.79 Å². The lowest BCUT2D eigenvalue weighted by Gasteiger charge is -2.33. The maximum atomic E-state index is 12.3. The molecule has 1 aliphatic heterocycles. The molecule has 1 aliphatic rings. The third-order valence-corrected chi connectivity index (χ3v) is 3.30. The number of hydrogen-bond acceptors (Lipinski definition) is 3. The summed E-state index contributed by atoms with van der Waals surface area (Å²) in [5.41, 5.74) is 7.38. The fraction of sp³-hybridized carbons (Fsp3) is 0.462. The summed E-state index contributed by atoms with van der Waals surface area (Å²) in [7, 11) is 0. The summed E-state index contributed by atoms with van der Waals surface area (Å²) >= 11 is 5.99. The fourth-order valence-corrected chi connectivity index (χ4v) is 2.28. The third kappa shape index (κ3) is 2.66. The van der Waals surface area contributed by atoms with Gasteiger partial charge in [0.15, 0.2) is 0 Å². The lowest BCUT2D eigenvalue weighted by molar-refractivity contribution is -0.134. The molecule has 0 aliphatic carbocycles. The van der Waals surface area contributed by atoms with Crippen molar-refractivity contribution >= 4 is 23.2 Å². The van der Waals surface area contributed by atoms with Gasteiger partial charge in [0.2, 0.25) is 0 Å². The summed E-state index contributed by atoms with van der Waals surface area (Å²) in [6.45, 7) is 3.49. The van der Waals surface area contributed by atoms with E-state index in [2.05, 4.69) is 0 Å². The molecule has 1 aromatic carbocycles. The molecule has 1 saturated heterocycles. The average molecular weight is 269 g/mol. The summed E-state index contributed by atoms with van der Waals surface area (Å²) in [5, 5.41) is 0.630. The molecule has 2 N–H and O–H groups in total. The van der Waals surface area contributed by atoms with Crippen LogP contribution in [0.2, 0.25) is 5.02 Å². The largest absolute Gasteiger partial charge is 0.366 e. The van der Waals surface area contributed by atoms with E-state index in [4.69, 9.17) is 22.1 Å². The highest BCUT2D eigenvalue weighted by atomic mass is 35.5. The van der Waals surface area contributed by atoms with E-state index in [1.165, 1.54) is 0 Å². The Kier molecular flexibility index (Phi) is 4.22. The van der Waals surface area contributed by atoms with Crippen LogP contribution in [0.4, 0.5) is 5.69 Å². The van der Waals surface area contributed by atoms with Gasteiger partial charge in [0.1, 0.15) is 6.10 Å². The van der Waals surface area contributed by atoms with Gasteiger partial charge in [-0.3, -0.25) is 4.79 Å². The fourth-order valence-electron chi connectivity index (χ4n) is 2.11. The first kappa shape index (κ1) is 13.3. The van der Waals surface area contributed by atoms with Crippen LogP contribution in [-0.2, 0) is 9.53 Å². The molecule has 0 spiro atoms. The quantitative estimate of drug-likeness (QED) is 0.908. The van der Waals surface area contributed by atoms with Gasteiger partial charge >= 0.3 is 0 Å². The summed E-state index contributed by atoms with van der Waals surface area (Å²) in [6.07, 6.45) is 0.122. The van der Waals surface area contributed by atoms with Crippen LogP contribution < -0.4 is 10.6 Å². The van der Waals surface area contributed by atoms with Crippen molar-refractivity contribution in [3.8, 4) is 0 Å². The minimum absolute atomic E-state index is 0.0305. The van der Waals surface area contributed by atoms with E-state index in [0.29, 0.717) is 31.1 Å². The summed E-state index contributed by atoms with van der Waals surface area (Å²) in [6, 6.07) is 5.56. The van der Waals surface area contributed by atoms with Crippen molar-refractivity contribution in [3.63, 3.8) is 0 Å². The zero-order chi connectivity index (χ0) is 13.1. The lowest BCUT2D eigenvalue weighted by atomic mass is 10.1. The number of nitrogens with two attached hydrogens (primary N) is 1. The van der Waals surface area contributed by atoms with Crippen molar-refractivity contribution in [2.75, 3.05) is 24.6 Å². The Morgan fingerprint density at radius 2 is 2.33 bits per heavy atom. The monoisotopic (exact) mass is 268 g/mol. The minimum Gasteiger partial charge on any atom is -0.366 e. The predicted molar refractivity (Wildman–Crippen MR) is 72.0 cm³/mol. The molecule has 0 radical (unpaired) electrons. The van der Waals surface area contributed by atoms with Gasteiger partial charge in [-0.05, 0) is 37.6 Å². The maximum Gasteiger partial charge on any atom is 0.256 e. The maximum absolute atomic E-state index is 12.3. The van der Waals surface area contributed by atoms with Crippen LogP contribution in [0, 0.1) is 6.92 Å². The highest BCUT2D eigenvalue weighted by Crippen LogP contribution is 2.26. The summed E-state index contributed by atoms with van der Waals surface area (Å²) in [5.74, 6) is -0.0305. The lowest BCUT2D eigenvalue weighted by Crippen LogP contribution is -2.48. The molecule has 4 nitrogen and oxygen atoms in total. The highest BCUT2D eigenvalue weighted by Gasteiger charge is 2.30. The molecule has 18 heavy (non-hydrogen) atoms. The predicted octanol–water partition coefficient (Wildman–Crippen LogP) is 1.73. The van der Waals surface area contributed by atoms with E-state index >= 15 is 0 Å². The van der Waals surface area contributed by atoms with Gasteiger partial charge in [-0.15, -0.1) is 0 Å². The number of rotatable bonds is 3. The number of benzene rings is 1. The number of carbonyl (C=O) groups excluding carboxylic acids is 1. The molecule has 2 rings (SSSR count). The molecule has 0 saturated carbocycles. The van der Waals surface area contributed by atoms with Crippen molar-refractivity contribution in [2.24, 2.45) is 5.73 Å². The Balaban J connectivity index is 2.26. The van der Waals surface area contributed by atoms with Gasteiger partial charge in [-0.2, -0.15) is 0 Å². The van der Waals surface area contributed by atoms with Crippen LogP contribution in [0.25, 0.3) is 0 Å². The highest BCUT2D eigenvalue weighted by molar-refractivity contribution is 6.31. The van der Waals surface area contributed by atoms with Gasteiger partial charge in [-0.25, -0.2) is 0 Å². The zero-order valence-electron chi connectivity index (χ0n) is 10.4. The molecule has 1 amide bonds. The Hall–Kier alpha value is -1.10. The SMILES string of the molecule is Cc1ccc(Cl)cc1N1CCOC(CCN)C1=O. The van der Waals surface area contributed by atoms with E-state index in [0.717, 1.165) is 11.3 Å². The van der Waals surface area contributed by atoms with Gasteiger partial charge in [0.25, 0.3) is 5.91 Å². The van der Waals surface area contributed by atoms with Crippen LogP contribution in [0.15, 0.2) is 18.2 Å². The number of nitrogens with zero attached hydrogens (tertiary/aromatic N) is 1. The van der Waals surface area contributed by atoms with Gasteiger partial charge < -0.3 is 15.4 Å². The zero-order valence-corrected chi connectivity index (χ0v) is 11.1. The molecule has 1 heterocycles. The molecule has 5 heteroatoms. The van der Waals surface area contributed by atoms with E-state index in [-0.39, 0.29) is 5.91 Å². The topological polar surface area (TPSA) is 55.6 Å². The van der Waals surface area contributed by atoms with Crippen molar-refractivity contribution in [1.29, 1.82) is 0 Å². The number of ether oxygens (including phenoxy) is 1. The first-order valence-electron chi connectivity index (χ1n) is 6.02. The van der Waals surface area contributed by atoms with Gasteiger partial charge in [0, 0.05) is 17.3 Å². The van der Waals surface area contributed by atoms with Crippen LogP contribution in [-0.4, -0.2) is 31.7 Å². The molecule has 1 fully saturated rings. The second kappa shape index (κ2) is 5.69. The molecule has 0 aromatic heterocycles. The van der Waals surface area contributed by atoms with E-state index < -0.39 is 6.10 Å². The van der Waals surface area contributed by atoms with E-state index in [1.54, 1.807) is 4.90 Å². The molecular weight excluding hydrogens is 252 g/mol. The van der Waals surface area contributed by atoms with Crippen molar-refractivity contribution in [2.45, 2.75) is 19.4 Å². The Labute approximate surface area is 112 Å². The van der Waals surface area contributed by atoms with Crippen molar-refractivity contribution in [1.82, 2.24) is 0 Å². The number of halogens is 1. The minimum atomic E-state index is -0.429. The molecule has 1 unspecified atom stereocenters. The standard InChI is InChI=1S/C13H17ClN2O2/c1-9-2-3-10(14)8-11(9)16-6-7-18-12(4-5-15)13(16)17/h2-3,8,12H,4-7,15H2,1H3. The number of anilines is 1. The molecule has 1 aromatic rings. The van der Waals surface area contributed by atoms with Crippen LogP contribution in [0.3, 0.4) is 0 Å². The van der Waals surface area contributed by atoms with Crippen LogP contribution in [0.5, 0.6) is 0 Å².